The van der Waals surface area contributed by atoms with Crippen molar-refractivity contribution in [1.29, 1.82) is 0 Å². The summed E-state index contributed by atoms with van der Waals surface area (Å²) in [5.41, 5.74) is 6.58. The Morgan fingerprint density at radius 1 is 1.29 bits per heavy atom. The number of ether oxygens (including phenoxy) is 2. The van der Waals surface area contributed by atoms with E-state index in [9.17, 15) is 0 Å². The van der Waals surface area contributed by atoms with Gasteiger partial charge >= 0.3 is 0 Å². The minimum Gasteiger partial charge on any atom is -0.493 e. The van der Waals surface area contributed by atoms with Gasteiger partial charge in [-0.3, -0.25) is 0 Å². The molecule has 0 aromatic heterocycles. The zero-order valence-corrected chi connectivity index (χ0v) is 10.6. The summed E-state index contributed by atoms with van der Waals surface area (Å²) >= 11 is 0. The van der Waals surface area contributed by atoms with Gasteiger partial charge in [-0.1, -0.05) is 19.9 Å². The van der Waals surface area contributed by atoms with Gasteiger partial charge in [0.1, 0.15) is 0 Å². The molecule has 0 aliphatic rings. The highest BCUT2D eigenvalue weighted by atomic mass is 16.5. The number of benzene rings is 1. The predicted molar refractivity (Wildman–Crippen MR) is 67.3 cm³/mol. The van der Waals surface area contributed by atoms with E-state index in [2.05, 4.69) is 13.8 Å². The highest BCUT2D eigenvalue weighted by Gasteiger charge is 2.10. The average molecular weight is 239 g/mol. The zero-order valence-electron chi connectivity index (χ0n) is 10.6. The number of hydrogen-bond acceptors (Lipinski definition) is 4. The summed E-state index contributed by atoms with van der Waals surface area (Å²) in [5, 5.41) is 9.00. The predicted octanol–water partition coefficient (Wildman–Crippen LogP) is 1.72. The van der Waals surface area contributed by atoms with Crippen molar-refractivity contribution in [3.05, 3.63) is 23.8 Å². The molecule has 0 fully saturated rings. The molecule has 1 atom stereocenters. The van der Waals surface area contributed by atoms with Crippen LogP contribution >= 0.6 is 0 Å². The fourth-order valence-corrected chi connectivity index (χ4v) is 1.40. The number of aliphatic hydroxyl groups excluding tert-OH is 1. The van der Waals surface area contributed by atoms with Crippen molar-refractivity contribution in [2.75, 3.05) is 20.3 Å². The molecule has 4 heteroatoms. The summed E-state index contributed by atoms with van der Waals surface area (Å²) in [6, 6.07) is 5.09. The molecule has 17 heavy (non-hydrogen) atoms. The minimum atomic E-state index is -0.386. The van der Waals surface area contributed by atoms with Crippen LogP contribution in [0.25, 0.3) is 0 Å². The Hall–Kier alpha value is -1.26. The third-order valence-corrected chi connectivity index (χ3v) is 2.38. The topological polar surface area (TPSA) is 64.7 Å². The second kappa shape index (κ2) is 6.47. The molecule has 0 amide bonds. The van der Waals surface area contributed by atoms with E-state index in [1.165, 1.54) is 0 Å². The van der Waals surface area contributed by atoms with Gasteiger partial charge in [0.05, 0.1) is 26.4 Å². The molecule has 0 radical (unpaired) electrons. The van der Waals surface area contributed by atoms with Crippen LogP contribution in [0.3, 0.4) is 0 Å². The third kappa shape index (κ3) is 3.91. The number of hydrogen-bond donors (Lipinski definition) is 2. The fraction of sp³-hybridized carbons (Fsp3) is 0.538. The van der Waals surface area contributed by atoms with E-state index in [1.807, 2.05) is 12.1 Å². The molecule has 3 N–H and O–H groups in total. The largest absolute Gasteiger partial charge is 0.493 e. The third-order valence-electron chi connectivity index (χ3n) is 2.38. The molecular formula is C13H21NO3. The van der Waals surface area contributed by atoms with E-state index in [4.69, 9.17) is 20.3 Å². The maximum absolute atomic E-state index is 9.00. The van der Waals surface area contributed by atoms with Crippen LogP contribution in [0.15, 0.2) is 18.2 Å². The number of nitrogens with two attached hydrogens (primary N) is 1. The molecule has 0 spiro atoms. The lowest BCUT2D eigenvalue weighted by molar-refractivity contribution is 0.255. The maximum Gasteiger partial charge on any atom is 0.161 e. The molecule has 1 aromatic rings. The van der Waals surface area contributed by atoms with Gasteiger partial charge in [0.2, 0.25) is 0 Å². The van der Waals surface area contributed by atoms with Crippen LogP contribution in [0.1, 0.15) is 25.5 Å². The van der Waals surface area contributed by atoms with Gasteiger partial charge < -0.3 is 20.3 Å². The minimum absolute atomic E-state index is 0.0879. The standard InChI is InChI=1S/C13H21NO3/c1-9(2)8-17-12-5-4-10(11(14)7-15)6-13(12)16-3/h4-6,9,11,15H,7-8,14H2,1-3H3/t11-/m0/s1. The number of rotatable bonds is 6. The monoisotopic (exact) mass is 239 g/mol. The highest BCUT2D eigenvalue weighted by molar-refractivity contribution is 5.43. The van der Waals surface area contributed by atoms with Gasteiger partial charge in [0.25, 0.3) is 0 Å². The maximum atomic E-state index is 9.00. The normalized spacial score (nSPS) is 12.6. The second-order valence-electron chi connectivity index (χ2n) is 4.40. The fourth-order valence-electron chi connectivity index (χ4n) is 1.40. The second-order valence-corrected chi connectivity index (χ2v) is 4.40. The van der Waals surface area contributed by atoms with Crippen molar-refractivity contribution >= 4 is 0 Å². The Balaban J connectivity index is 2.85. The quantitative estimate of drug-likeness (QED) is 0.793. The van der Waals surface area contributed by atoms with Crippen molar-refractivity contribution in [2.24, 2.45) is 11.7 Å². The smallest absolute Gasteiger partial charge is 0.161 e. The van der Waals surface area contributed by atoms with Gasteiger partial charge in [0.15, 0.2) is 11.5 Å². The Morgan fingerprint density at radius 2 is 2.00 bits per heavy atom. The molecule has 0 bridgehead atoms. The van der Waals surface area contributed by atoms with Crippen molar-refractivity contribution in [3.63, 3.8) is 0 Å². The molecule has 96 valence electrons. The van der Waals surface area contributed by atoms with Gasteiger partial charge in [-0.25, -0.2) is 0 Å². The van der Waals surface area contributed by atoms with Crippen LogP contribution in [0, 0.1) is 5.92 Å². The van der Waals surface area contributed by atoms with Gasteiger partial charge in [-0.2, -0.15) is 0 Å². The van der Waals surface area contributed by atoms with Crippen LogP contribution in [0.2, 0.25) is 0 Å². The molecule has 0 aliphatic heterocycles. The Labute approximate surface area is 102 Å². The van der Waals surface area contributed by atoms with E-state index >= 15 is 0 Å². The molecule has 0 saturated heterocycles. The molecular weight excluding hydrogens is 218 g/mol. The lowest BCUT2D eigenvalue weighted by atomic mass is 10.1. The Kier molecular flexibility index (Phi) is 5.25. The van der Waals surface area contributed by atoms with Crippen molar-refractivity contribution in [2.45, 2.75) is 19.9 Å². The number of aliphatic hydroxyl groups is 1. The SMILES string of the molecule is COc1cc([C@@H](N)CO)ccc1OCC(C)C. The molecule has 0 saturated carbocycles. The Morgan fingerprint density at radius 3 is 2.53 bits per heavy atom. The first-order chi connectivity index (χ1) is 8.08. The first kappa shape index (κ1) is 13.8. The molecule has 1 rings (SSSR count). The molecule has 0 unspecified atom stereocenters. The average Bonchev–Trinajstić information content (AvgIpc) is 2.34. The van der Waals surface area contributed by atoms with Crippen LogP contribution < -0.4 is 15.2 Å². The summed E-state index contributed by atoms with van der Waals surface area (Å²) < 4.78 is 10.9. The molecule has 0 aliphatic carbocycles. The van der Waals surface area contributed by atoms with Crippen LogP contribution in [0.4, 0.5) is 0 Å². The van der Waals surface area contributed by atoms with E-state index < -0.39 is 0 Å². The Bertz CT molecular complexity index is 353. The van der Waals surface area contributed by atoms with Gasteiger partial charge in [0, 0.05) is 0 Å². The van der Waals surface area contributed by atoms with Crippen LogP contribution in [-0.4, -0.2) is 25.4 Å². The van der Waals surface area contributed by atoms with E-state index in [0.29, 0.717) is 24.0 Å². The van der Waals surface area contributed by atoms with E-state index in [1.54, 1.807) is 13.2 Å². The summed E-state index contributed by atoms with van der Waals surface area (Å²) in [5.74, 6) is 1.81. The molecule has 1 aromatic carbocycles. The lowest BCUT2D eigenvalue weighted by Crippen LogP contribution is -2.14. The molecule has 0 heterocycles. The van der Waals surface area contributed by atoms with Gasteiger partial charge in [-0.15, -0.1) is 0 Å². The highest BCUT2D eigenvalue weighted by Crippen LogP contribution is 2.30. The molecule has 4 nitrogen and oxygen atoms in total. The lowest BCUT2D eigenvalue weighted by Gasteiger charge is -2.15. The van der Waals surface area contributed by atoms with E-state index in [0.717, 1.165) is 5.56 Å². The van der Waals surface area contributed by atoms with Crippen molar-refractivity contribution < 1.29 is 14.6 Å². The number of methoxy groups -OCH3 is 1. The van der Waals surface area contributed by atoms with Crippen LogP contribution in [0.5, 0.6) is 11.5 Å². The summed E-state index contributed by atoms with van der Waals surface area (Å²) in [7, 11) is 1.59. The first-order valence-corrected chi connectivity index (χ1v) is 5.75. The van der Waals surface area contributed by atoms with Gasteiger partial charge in [-0.05, 0) is 23.6 Å². The zero-order chi connectivity index (χ0) is 12.8. The summed E-state index contributed by atoms with van der Waals surface area (Å²) in [6.07, 6.45) is 0. The van der Waals surface area contributed by atoms with Crippen LogP contribution in [-0.2, 0) is 0 Å². The summed E-state index contributed by atoms with van der Waals surface area (Å²) in [4.78, 5) is 0. The summed E-state index contributed by atoms with van der Waals surface area (Å²) in [6.45, 7) is 4.72. The van der Waals surface area contributed by atoms with E-state index in [-0.39, 0.29) is 12.6 Å². The first-order valence-electron chi connectivity index (χ1n) is 5.75. The van der Waals surface area contributed by atoms with Crippen molar-refractivity contribution in [1.82, 2.24) is 0 Å². The van der Waals surface area contributed by atoms with Crippen molar-refractivity contribution in [3.8, 4) is 11.5 Å².